The van der Waals surface area contributed by atoms with Crippen molar-refractivity contribution < 1.29 is 14.7 Å². The van der Waals surface area contributed by atoms with Crippen LogP contribution in [0.4, 0.5) is 4.48 Å². The van der Waals surface area contributed by atoms with Crippen LogP contribution in [-0.4, -0.2) is 16.8 Å². The first-order valence-corrected chi connectivity index (χ1v) is 3.07. The van der Waals surface area contributed by atoms with Crippen molar-refractivity contribution in [2.75, 3.05) is 6.54 Å². The van der Waals surface area contributed by atoms with Crippen molar-refractivity contribution in [1.82, 2.24) is 0 Å². The lowest BCUT2D eigenvalue weighted by atomic mass is 10.2. The zero-order valence-corrected chi connectivity index (χ0v) is 5.51. The molecule has 0 aliphatic heterocycles. The van der Waals surface area contributed by atoms with Crippen molar-refractivity contribution in [1.29, 1.82) is 0 Å². The highest BCUT2D eigenvalue weighted by Gasteiger charge is 2.09. The number of nitrogens with zero attached hydrogens (tertiary/aromatic N) is 1. The molecule has 0 saturated heterocycles. The topological polar surface area (TPSA) is 43.3 Å². The van der Waals surface area contributed by atoms with E-state index in [-0.39, 0.29) is 6.54 Å². The van der Waals surface area contributed by atoms with Crippen LogP contribution >= 0.6 is 0 Å². The zero-order valence-electron chi connectivity index (χ0n) is 5.51. The molecule has 0 spiro atoms. The van der Waals surface area contributed by atoms with Gasteiger partial charge in [0.05, 0.1) is 0 Å². The van der Waals surface area contributed by atoms with E-state index in [1.54, 1.807) is 0 Å². The van der Waals surface area contributed by atoms with Crippen LogP contribution in [0.25, 0.3) is 0 Å². The summed E-state index contributed by atoms with van der Waals surface area (Å²) in [5.41, 5.74) is 0. The number of hydrogen-bond acceptors (Lipinski definition) is 2. The van der Waals surface area contributed by atoms with Gasteiger partial charge in [0.2, 0.25) is 0 Å². The first-order valence-electron chi connectivity index (χ1n) is 3.07. The Balaban J connectivity index is 3.07. The SMILES string of the molecule is CCCCC[N+]([O-])(O)F. The fourth-order valence-corrected chi connectivity index (χ4v) is 0.557. The Kier molecular flexibility index (Phi) is 3.68. The summed E-state index contributed by atoms with van der Waals surface area (Å²) in [6.07, 6.45) is 2.14. The largest absolute Gasteiger partial charge is 0.559 e. The Morgan fingerprint density at radius 1 is 1.56 bits per heavy atom. The van der Waals surface area contributed by atoms with E-state index in [0.29, 0.717) is 6.42 Å². The molecule has 1 N–H and O–H groups in total. The quantitative estimate of drug-likeness (QED) is 0.364. The van der Waals surface area contributed by atoms with E-state index in [9.17, 15) is 9.69 Å². The minimum Gasteiger partial charge on any atom is -0.559 e. The van der Waals surface area contributed by atoms with Crippen molar-refractivity contribution in [2.24, 2.45) is 0 Å². The third-order valence-corrected chi connectivity index (χ3v) is 1.04. The molecule has 0 aliphatic rings. The molecular formula is C5H12FNO2. The van der Waals surface area contributed by atoms with Crippen molar-refractivity contribution in [2.45, 2.75) is 26.2 Å². The molecule has 3 nitrogen and oxygen atoms in total. The summed E-state index contributed by atoms with van der Waals surface area (Å²) in [6.45, 7) is 1.59. The van der Waals surface area contributed by atoms with Gasteiger partial charge in [-0.3, -0.25) is 0 Å². The third kappa shape index (κ3) is 7.81. The molecule has 0 aromatic heterocycles. The minimum atomic E-state index is -2.64. The van der Waals surface area contributed by atoms with E-state index in [1.807, 2.05) is 6.92 Å². The highest BCUT2D eigenvalue weighted by molar-refractivity contribution is 4.33. The van der Waals surface area contributed by atoms with Crippen LogP contribution in [0.3, 0.4) is 0 Å². The van der Waals surface area contributed by atoms with Crippen LogP contribution in [0, 0.1) is 5.21 Å². The van der Waals surface area contributed by atoms with E-state index in [2.05, 4.69) is 0 Å². The Morgan fingerprint density at radius 2 is 2.11 bits per heavy atom. The fraction of sp³-hybridized carbons (Fsp3) is 1.00. The molecule has 0 aliphatic carbocycles. The number of hydrogen-bond donors (Lipinski definition) is 1. The molecule has 1 unspecified atom stereocenters. The van der Waals surface area contributed by atoms with Crippen LogP contribution < -0.4 is 0 Å². The second kappa shape index (κ2) is 3.76. The molecule has 0 amide bonds. The van der Waals surface area contributed by atoms with Crippen molar-refractivity contribution in [3.05, 3.63) is 5.21 Å². The van der Waals surface area contributed by atoms with Gasteiger partial charge < -0.3 is 5.21 Å². The second-order valence-electron chi connectivity index (χ2n) is 2.05. The van der Waals surface area contributed by atoms with Crippen molar-refractivity contribution >= 4 is 0 Å². The van der Waals surface area contributed by atoms with Gasteiger partial charge in [-0.05, 0) is 11.5 Å². The standard InChI is InChI=1S/C5H12FNO2/c1-2-3-4-5-7(6,8)9/h8H,2-5H2,1H3. The van der Waals surface area contributed by atoms with Crippen LogP contribution in [0.15, 0.2) is 0 Å². The third-order valence-electron chi connectivity index (χ3n) is 1.04. The van der Waals surface area contributed by atoms with Crippen LogP contribution in [0.1, 0.15) is 26.2 Å². The maximum atomic E-state index is 11.6. The summed E-state index contributed by atoms with van der Waals surface area (Å²) in [7, 11) is 0. The number of halogens is 1. The van der Waals surface area contributed by atoms with Gasteiger partial charge in [-0.2, -0.15) is 5.21 Å². The Hall–Kier alpha value is -0.190. The predicted octanol–water partition coefficient (Wildman–Crippen LogP) is 1.76. The van der Waals surface area contributed by atoms with Gasteiger partial charge >= 0.3 is 0 Å². The smallest absolute Gasteiger partial charge is 0.148 e. The second-order valence-corrected chi connectivity index (χ2v) is 2.05. The maximum absolute atomic E-state index is 11.6. The van der Waals surface area contributed by atoms with Gasteiger partial charge in [0, 0.05) is 10.9 Å². The first kappa shape index (κ1) is 8.81. The molecule has 1 atom stereocenters. The molecule has 0 aromatic carbocycles. The molecule has 56 valence electrons. The maximum Gasteiger partial charge on any atom is 0.148 e. The minimum absolute atomic E-state index is 0.353. The summed E-state index contributed by atoms with van der Waals surface area (Å²) in [4.78, 5) is 0. The summed E-state index contributed by atoms with van der Waals surface area (Å²) in [5.74, 6) is 0. The van der Waals surface area contributed by atoms with Crippen LogP contribution in [-0.2, 0) is 0 Å². The zero-order chi connectivity index (χ0) is 7.33. The summed E-state index contributed by atoms with van der Waals surface area (Å²) < 4.78 is 11.6. The van der Waals surface area contributed by atoms with Gasteiger partial charge in [0.1, 0.15) is 6.54 Å². The van der Waals surface area contributed by atoms with Gasteiger partial charge in [-0.15, -0.1) is 0 Å². The number of quaternary nitrogens is 1. The van der Waals surface area contributed by atoms with Gasteiger partial charge in [0.15, 0.2) is 0 Å². The monoisotopic (exact) mass is 137 g/mol. The van der Waals surface area contributed by atoms with Gasteiger partial charge in [-0.1, -0.05) is 13.3 Å². The number of rotatable bonds is 4. The summed E-state index contributed by atoms with van der Waals surface area (Å²) in [6, 6.07) is 0. The molecule has 4 heteroatoms. The van der Waals surface area contributed by atoms with Crippen molar-refractivity contribution in [3.63, 3.8) is 0 Å². The number of unbranched alkanes of at least 4 members (excludes halogenated alkanes) is 2. The molecule has 9 heavy (non-hydrogen) atoms. The lowest BCUT2D eigenvalue weighted by molar-refractivity contribution is -1.17. The summed E-state index contributed by atoms with van der Waals surface area (Å²) >= 11 is 0. The van der Waals surface area contributed by atoms with E-state index in [4.69, 9.17) is 5.21 Å². The van der Waals surface area contributed by atoms with E-state index < -0.39 is 5.03 Å². The summed E-state index contributed by atoms with van der Waals surface area (Å²) in [5, 5.41) is 15.1. The highest BCUT2D eigenvalue weighted by atomic mass is 19.2. The number of hydroxylamine groups is 2. The molecule has 0 fully saturated rings. The van der Waals surface area contributed by atoms with E-state index in [1.165, 1.54) is 0 Å². The average Bonchev–Trinajstić information content (AvgIpc) is 1.63. The Bertz CT molecular complexity index is 71.8. The molecule has 0 rings (SSSR count). The lowest BCUT2D eigenvalue weighted by Crippen LogP contribution is -2.28. The first-order chi connectivity index (χ1) is 4.06. The normalized spacial score (nSPS) is 17.3. The van der Waals surface area contributed by atoms with Crippen LogP contribution in [0.5, 0.6) is 0 Å². The van der Waals surface area contributed by atoms with E-state index >= 15 is 0 Å². The van der Waals surface area contributed by atoms with E-state index in [0.717, 1.165) is 12.8 Å². The molecular weight excluding hydrogens is 125 g/mol. The van der Waals surface area contributed by atoms with Crippen LogP contribution in [0.2, 0.25) is 0 Å². The molecule has 0 heterocycles. The molecule has 0 saturated carbocycles. The van der Waals surface area contributed by atoms with Gasteiger partial charge in [-0.25, -0.2) is 0 Å². The molecule has 0 bridgehead atoms. The molecule has 0 radical (unpaired) electrons. The van der Waals surface area contributed by atoms with Gasteiger partial charge in [0.25, 0.3) is 0 Å². The fourth-order valence-electron chi connectivity index (χ4n) is 0.557. The predicted molar refractivity (Wildman–Crippen MR) is 30.9 cm³/mol. The Labute approximate surface area is 53.8 Å². The average molecular weight is 137 g/mol. The highest BCUT2D eigenvalue weighted by Crippen LogP contribution is 2.03. The lowest BCUT2D eigenvalue weighted by Gasteiger charge is -2.18. The molecule has 0 aromatic rings. The van der Waals surface area contributed by atoms with Crippen molar-refractivity contribution in [3.8, 4) is 0 Å². The Morgan fingerprint density at radius 3 is 2.44 bits per heavy atom.